The molecule has 2 aromatic carbocycles. The third-order valence-corrected chi connectivity index (χ3v) is 4.24. The van der Waals surface area contributed by atoms with Gasteiger partial charge < -0.3 is 19.5 Å². The third-order valence-electron chi connectivity index (χ3n) is 4.24. The van der Waals surface area contributed by atoms with E-state index in [-0.39, 0.29) is 12.6 Å². The van der Waals surface area contributed by atoms with Gasteiger partial charge in [0.15, 0.2) is 6.73 Å². The molecule has 28 heavy (non-hydrogen) atoms. The highest BCUT2D eigenvalue weighted by molar-refractivity contribution is 6.06. The summed E-state index contributed by atoms with van der Waals surface area (Å²) in [6, 6.07) is 13.0. The Morgan fingerprint density at radius 2 is 1.82 bits per heavy atom. The zero-order chi connectivity index (χ0) is 19.9. The second-order valence-corrected chi connectivity index (χ2v) is 6.06. The highest BCUT2D eigenvalue weighted by Gasteiger charge is 2.14. The van der Waals surface area contributed by atoms with E-state index in [0.29, 0.717) is 22.7 Å². The molecule has 3 rings (SSSR count). The number of carbonyl (C=O) groups is 1. The van der Waals surface area contributed by atoms with Crippen molar-refractivity contribution in [3.63, 3.8) is 0 Å². The zero-order valence-electron chi connectivity index (χ0n) is 16.1. The first-order valence-corrected chi connectivity index (χ1v) is 8.90. The lowest BCUT2D eigenvalue weighted by atomic mass is 10.1. The largest absolute Gasteiger partial charge is 0.497 e. The second-order valence-electron chi connectivity index (χ2n) is 6.06. The van der Waals surface area contributed by atoms with Crippen molar-refractivity contribution in [3.05, 3.63) is 66.0 Å². The summed E-state index contributed by atoms with van der Waals surface area (Å²) in [6.45, 7) is 2.35. The minimum Gasteiger partial charge on any atom is -0.497 e. The number of hydrogen-bond donors (Lipinski definition) is 1. The third kappa shape index (κ3) is 4.62. The Balaban J connectivity index is 1.61. The minimum atomic E-state index is -0.296. The number of amides is 1. The van der Waals surface area contributed by atoms with Crippen LogP contribution in [0.15, 0.2) is 54.9 Å². The highest BCUT2D eigenvalue weighted by Crippen LogP contribution is 2.25. The first kappa shape index (κ1) is 19.3. The molecule has 0 aliphatic rings. The molecular weight excluding hydrogens is 358 g/mol. The van der Waals surface area contributed by atoms with Crippen LogP contribution >= 0.6 is 0 Å². The number of nitrogens with zero attached hydrogens (tertiary/aromatic N) is 2. The van der Waals surface area contributed by atoms with Gasteiger partial charge >= 0.3 is 0 Å². The van der Waals surface area contributed by atoms with Crippen molar-refractivity contribution in [1.29, 1.82) is 0 Å². The first-order valence-electron chi connectivity index (χ1n) is 8.90. The van der Waals surface area contributed by atoms with Crippen molar-refractivity contribution in [2.45, 2.75) is 20.1 Å². The Hall–Kier alpha value is -3.48. The summed E-state index contributed by atoms with van der Waals surface area (Å²) in [5.41, 5.74) is 2.22. The van der Waals surface area contributed by atoms with Crippen LogP contribution in [-0.4, -0.2) is 29.9 Å². The van der Waals surface area contributed by atoms with Gasteiger partial charge in [0.05, 0.1) is 37.9 Å². The van der Waals surface area contributed by atoms with Gasteiger partial charge in [-0.25, -0.2) is 4.68 Å². The molecule has 0 saturated heterocycles. The van der Waals surface area contributed by atoms with Crippen LogP contribution in [0.2, 0.25) is 0 Å². The van der Waals surface area contributed by atoms with Gasteiger partial charge in [-0.3, -0.25) is 4.79 Å². The van der Waals surface area contributed by atoms with E-state index in [1.807, 2.05) is 24.3 Å². The number of hydrogen-bond acceptors (Lipinski definition) is 5. The average Bonchev–Trinajstić information content (AvgIpc) is 3.19. The number of carbonyl (C=O) groups excluding carboxylic acids is 1. The lowest BCUT2D eigenvalue weighted by molar-refractivity contribution is 0.102. The van der Waals surface area contributed by atoms with Crippen LogP contribution in [0.25, 0.3) is 0 Å². The van der Waals surface area contributed by atoms with Crippen molar-refractivity contribution < 1.29 is 19.0 Å². The van der Waals surface area contributed by atoms with Crippen molar-refractivity contribution in [2.75, 3.05) is 19.5 Å². The van der Waals surface area contributed by atoms with Crippen LogP contribution in [0.5, 0.6) is 17.2 Å². The number of aryl methyl sites for hydroxylation is 1. The van der Waals surface area contributed by atoms with E-state index in [4.69, 9.17) is 14.2 Å². The number of rotatable bonds is 8. The molecule has 0 fully saturated rings. The molecule has 0 radical (unpaired) electrons. The molecule has 0 bridgehead atoms. The highest BCUT2D eigenvalue weighted by atomic mass is 16.5. The van der Waals surface area contributed by atoms with Crippen LogP contribution in [0.4, 0.5) is 5.69 Å². The number of ether oxygens (including phenoxy) is 3. The predicted molar refractivity (Wildman–Crippen MR) is 106 cm³/mol. The lowest BCUT2D eigenvalue weighted by Gasteiger charge is -2.10. The van der Waals surface area contributed by atoms with E-state index < -0.39 is 0 Å². The normalized spacial score (nSPS) is 10.4. The molecule has 3 aromatic rings. The Kier molecular flexibility index (Phi) is 6.16. The zero-order valence-corrected chi connectivity index (χ0v) is 16.1. The van der Waals surface area contributed by atoms with Crippen molar-refractivity contribution >= 4 is 11.6 Å². The molecule has 0 unspecified atom stereocenters. The van der Waals surface area contributed by atoms with Crippen LogP contribution < -0.4 is 19.5 Å². The van der Waals surface area contributed by atoms with Crippen molar-refractivity contribution in [3.8, 4) is 17.2 Å². The summed E-state index contributed by atoms with van der Waals surface area (Å²) in [4.78, 5) is 12.5. The van der Waals surface area contributed by atoms with Crippen LogP contribution in [-0.2, 0) is 13.2 Å². The Morgan fingerprint density at radius 1 is 1.07 bits per heavy atom. The van der Waals surface area contributed by atoms with Crippen LogP contribution in [0.1, 0.15) is 22.8 Å². The molecule has 1 aromatic heterocycles. The van der Waals surface area contributed by atoms with Gasteiger partial charge in [0.2, 0.25) is 0 Å². The van der Waals surface area contributed by atoms with E-state index >= 15 is 0 Å². The van der Waals surface area contributed by atoms with Gasteiger partial charge in [-0.2, -0.15) is 5.10 Å². The van der Waals surface area contributed by atoms with Gasteiger partial charge in [0, 0.05) is 6.07 Å². The summed E-state index contributed by atoms with van der Waals surface area (Å²) in [5.74, 6) is 1.52. The number of benzene rings is 2. The standard InChI is InChI=1S/C21H23N3O4/c1-4-15-5-7-17(8-6-15)28-14-24-13-16(12-22-24)23-21(25)19-10-9-18(26-2)11-20(19)27-3/h5-13H,4,14H2,1-3H3,(H,23,25). The molecule has 1 amide bonds. The SMILES string of the molecule is CCc1ccc(OCn2cc(NC(=O)c3ccc(OC)cc3OC)cn2)cc1. The maximum Gasteiger partial charge on any atom is 0.259 e. The summed E-state index contributed by atoms with van der Waals surface area (Å²) < 4.78 is 17.7. The lowest BCUT2D eigenvalue weighted by Crippen LogP contribution is -2.13. The minimum absolute atomic E-state index is 0.243. The van der Waals surface area contributed by atoms with Crippen molar-refractivity contribution in [2.24, 2.45) is 0 Å². The quantitative estimate of drug-likeness (QED) is 0.643. The van der Waals surface area contributed by atoms with Crippen LogP contribution in [0, 0.1) is 0 Å². The van der Waals surface area contributed by atoms with Gasteiger partial charge in [0.1, 0.15) is 17.2 Å². The van der Waals surface area contributed by atoms with E-state index in [1.165, 1.54) is 12.7 Å². The fraction of sp³-hybridized carbons (Fsp3) is 0.238. The molecular formula is C21H23N3O4. The Bertz CT molecular complexity index is 935. The summed E-state index contributed by atoms with van der Waals surface area (Å²) in [7, 11) is 3.07. The molecule has 7 heteroatoms. The second kappa shape index (κ2) is 8.94. The number of methoxy groups -OCH3 is 2. The molecule has 0 aliphatic heterocycles. The summed E-state index contributed by atoms with van der Waals surface area (Å²) in [6.07, 6.45) is 4.26. The predicted octanol–water partition coefficient (Wildman–Crippen LogP) is 3.75. The smallest absolute Gasteiger partial charge is 0.259 e. The summed E-state index contributed by atoms with van der Waals surface area (Å²) in [5, 5.41) is 7.01. The molecule has 146 valence electrons. The van der Waals surface area contributed by atoms with E-state index in [0.717, 1.165) is 12.2 Å². The first-order chi connectivity index (χ1) is 13.6. The van der Waals surface area contributed by atoms with Gasteiger partial charge in [-0.1, -0.05) is 19.1 Å². The Labute approximate surface area is 163 Å². The maximum atomic E-state index is 12.5. The molecule has 7 nitrogen and oxygen atoms in total. The topological polar surface area (TPSA) is 74.6 Å². The van der Waals surface area contributed by atoms with Crippen LogP contribution in [0.3, 0.4) is 0 Å². The molecule has 0 atom stereocenters. The molecule has 0 saturated carbocycles. The van der Waals surface area contributed by atoms with E-state index in [1.54, 1.807) is 42.4 Å². The number of aromatic nitrogens is 2. The van der Waals surface area contributed by atoms with Gasteiger partial charge in [0.25, 0.3) is 5.91 Å². The van der Waals surface area contributed by atoms with E-state index in [2.05, 4.69) is 17.3 Å². The van der Waals surface area contributed by atoms with Gasteiger partial charge in [-0.15, -0.1) is 0 Å². The number of anilines is 1. The monoisotopic (exact) mass is 381 g/mol. The fourth-order valence-corrected chi connectivity index (χ4v) is 2.65. The molecule has 1 heterocycles. The maximum absolute atomic E-state index is 12.5. The summed E-state index contributed by atoms with van der Waals surface area (Å²) >= 11 is 0. The molecule has 0 spiro atoms. The van der Waals surface area contributed by atoms with Gasteiger partial charge in [-0.05, 0) is 36.2 Å². The fourth-order valence-electron chi connectivity index (χ4n) is 2.65. The van der Waals surface area contributed by atoms with E-state index in [9.17, 15) is 4.79 Å². The Morgan fingerprint density at radius 3 is 2.50 bits per heavy atom. The molecule has 0 aliphatic carbocycles. The average molecular weight is 381 g/mol. The van der Waals surface area contributed by atoms with Crippen molar-refractivity contribution in [1.82, 2.24) is 9.78 Å². The number of nitrogens with one attached hydrogen (secondary N) is 1. The molecule has 1 N–H and O–H groups in total.